The van der Waals surface area contributed by atoms with Crippen molar-refractivity contribution in [2.45, 2.75) is 19.4 Å². The molecule has 1 aromatic rings. The summed E-state index contributed by atoms with van der Waals surface area (Å²) >= 11 is 8.92. The maximum Gasteiger partial charge on any atom is 0.187 e. The topological polar surface area (TPSA) is 29.0 Å². The fraction of sp³-hybridized carbons (Fsp3) is 0.750. The Kier molecular flexibility index (Phi) is 4.98. The van der Waals surface area contributed by atoms with Crippen molar-refractivity contribution < 1.29 is 0 Å². The smallest absolute Gasteiger partial charge is 0.187 e. The molecule has 0 spiro atoms. The average molecular weight is 252 g/mol. The second kappa shape index (κ2) is 5.78. The molecule has 0 aliphatic rings. The van der Waals surface area contributed by atoms with Crippen molar-refractivity contribution in [3.8, 4) is 0 Å². The van der Waals surface area contributed by atoms with E-state index in [9.17, 15) is 0 Å². The Morgan fingerprint density at radius 2 is 2.29 bits per heavy atom. The first-order chi connectivity index (χ1) is 6.66. The summed E-state index contributed by atoms with van der Waals surface area (Å²) in [7, 11) is 2.01. The second-order valence-electron chi connectivity index (χ2n) is 3.12. The molecule has 0 aliphatic heterocycles. The van der Waals surface area contributed by atoms with Crippen LogP contribution >= 0.6 is 35.1 Å². The van der Waals surface area contributed by atoms with Crippen molar-refractivity contribution in [1.29, 1.82) is 0 Å². The molecule has 80 valence electrons. The van der Waals surface area contributed by atoms with Crippen molar-refractivity contribution in [2.24, 2.45) is 0 Å². The number of anilines is 1. The van der Waals surface area contributed by atoms with Gasteiger partial charge in [-0.05, 0) is 25.4 Å². The third kappa shape index (κ3) is 3.00. The zero-order valence-electron chi connectivity index (χ0n) is 8.53. The van der Waals surface area contributed by atoms with Gasteiger partial charge in [0.1, 0.15) is 0 Å². The lowest BCUT2D eigenvalue weighted by molar-refractivity contribution is 0.664. The van der Waals surface area contributed by atoms with Crippen LogP contribution in [0.4, 0.5) is 5.82 Å². The number of halogens is 1. The van der Waals surface area contributed by atoms with Crippen LogP contribution in [0.3, 0.4) is 0 Å². The molecule has 0 aliphatic carbocycles. The van der Waals surface area contributed by atoms with Gasteiger partial charge >= 0.3 is 0 Å². The summed E-state index contributed by atoms with van der Waals surface area (Å²) in [4.78, 5) is 2.09. The molecule has 1 unspecified atom stereocenters. The second-order valence-corrected chi connectivity index (χ2v) is 4.99. The summed E-state index contributed by atoms with van der Waals surface area (Å²) in [5, 5.41) is 0.508. The zero-order valence-corrected chi connectivity index (χ0v) is 10.9. The van der Waals surface area contributed by atoms with Crippen molar-refractivity contribution in [1.82, 2.24) is 8.75 Å². The summed E-state index contributed by atoms with van der Waals surface area (Å²) in [5.74, 6) is 1.95. The van der Waals surface area contributed by atoms with Crippen molar-refractivity contribution in [2.75, 3.05) is 24.0 Å². The van der Waals surface area contributed by atoms with E-state index in [-0.39, 0.29) is 0 Å². The molecule has 1 rings (SSSR count). The van der Waals surface area contributed by atoms with Crippen LogP contribution in [0.5, 0.6) is 0 Å². The van der Waals surface area contributed by atoms with Crippen LogP contribution in [0.15, 0.2) is 0 Å². The first-order valence-corrected chi connectivity index (χ1v) is 6.86. The van der Waals surface area contributed by atoms with Gasteiger partial charge in [-0.1, -0.05) is 11.6 Å². The van der Waals surface area contributed by atoms with Gasteiger partial charge < -0.3 is 4.90 Å². The van der Waals surface area contributed by atoms with Crippen LogP contribution < -0.4 is 4.90 Å². The van der Waals surface area contributed by atoms with E-state index in [4.69, 9.17) is 11.6 Å². The Labute approximate surface area is 98.2 Å². The molecule has 0 N–H and O–H groups in total. The molecular weight excluding hydrogens is 238 g/mol. The van der Waals surface area contributed by atoms with Gasteiger partial charge in [0.25, 0.3) is 0 Å². The fourth-order valence-electron chi connectivity index (χ4n) is 1.07. The van der Waals surface area contributed by atoms with E-state index in [1.165, 1.54) is 0 Å². The Morgan fingerprint density at radius 1 is 1.57 bits per heavy atom. The highest BCUT2D eigenvalue weighted by atomic mass is 35.5. The Morgan fingerprint density at radius 3 is 2.79 bits per heavy atom. The Balaban J connectivity index is 2.56. The number of nitrogens with zero attached hydrogens (tertiary/aromatic N) is 3. The molecule has 0 fully saturated rings. The van der Waals surface area contributed by atoms with Crippen molar-refractivity contribution in [3.63, 3.8) is 0 Å². The van der Waals surface area contributed by atoms with E-state index < -0.39 is 0 Å². The van der Waals surface area contributed by atoms with E-state index in [1.54, 1.807) is 0 Å². The molecule has 0 saturated heterocycles. The van der Waals surface area contributed by atoms with Gasteiger partial charge in [0, 0.05) is 13.1 Å². The third-order valence-corrected chi connectivity index (χ3v) is 3.68. The van der Waals surface area contributed by atoms with Crippen molar-refractivity contribution in [3.05, 3.63) is 5.15 Å². The molecule has 3 nitrogen and oxygen atoms in total. The number of aromatic nitrogens is 2. The number of hydrogen-bond acceptors (Lipinski definition) is 5. The minimum Gasteiger partial charge on any atom is -0.353 e. The minimum atomic E-state index is 0.448. The normalized spacial score (nSPS) is 12.9. The molecule has 6 heteroatoms. The zero-order chi connectivity index (χ0) is 10.6. The number of thioether (sulfide) groups is 1. The summed E-state index contributed by atoms with van der Waals surface area (Å²) in [6, 6.07) is 0.448. The molecular formula is C8H14ClN3S2. The summed E-state index contributed by atoms with van der Waals surface area (Å²) in [6.45, 7) is 2.17. The highest BCUT2D eigenvalue weighted by molar-refractivity contribution is 7.98. The number of hydrogen-bond donors (Lipinski definition) is 0. The first-order valence-electron chi connectivity index (χ1n) is 4.36. The van der Waals surface area contributed by atoms with E-state index >= 15 is 0 Å². The number of rotatable bonds is 5. The van der Waals surface area contributed by atoms with Gasteiger partial charge in [0.05, 0.1) is 11.7 Å². The predicted molar refractivity (Wildman–Crippen MR) is 65.8 cm³/mol. The first kappa shape index (κ1) is 12.1. The maximum atomic E-state index is 5.90. The van der Waals surface area contributed by atoms with E-state index in [1.807, 2.05) is 18.8 Å². The van der Waals surface area contributed by atoms with Crippen LogP contribution in [0.1, 0.15) is 13.3 Å². The average Bonchev–Trinajstić information content (AvgIpc) is 2.59. The molecule has 14 heavy (non-hydrogen) atoms. The fourth-order valence-corrected chi connectivity index (χ4v) is 2.46. The molecule has 1 atom stereocenters. The van der Waals surface area contributed by atoms with Gasteiger partial charge in [-0.2, -0.15) is 20.5 Å². The largest absolute Gasteiger partial charge is 0.353 e. The monoisotopic (exact) mass is 251 g/mol. The SMILES string of the molecule is CSCCC(C)N(C)c1nsnc1Cl. The summed E-state index contributed by atoms with van der Waals surface area (Å²) in [6.07, 6.45) is 3.25. The highest BCUT2D eigenvalue weighted by Crippen LogP contribution is 2.24. The summed E-state index contributed by atoms with van der Waals surface area (Å²) < 4.78 is 8.11. The molecule has 0 amide bonds. The van der Waals surface area contributed by atoms with Gasteiger partial charge in [-0.3, -0.25) is 0 Å². The van der Waals surface area contributed by atoms with E-state index in [0.29, 0.717) is 11.2 Å². The van der Waals surface area contributed by atoms with Crippen LogP contribution in [0.2, 0.25) is 5.15 Å². The predicted octanol–water partition coefficient (Wildman–Crippen LogP) is 2.77. The molecule has 0 radical (unpaired) electrons. The van der Waals surface area contributed by atoms with Crippen LogP contribution in [0, 0.1) is 0 Å². The van der Waals surface area contributed by atoms with Gasteiger partial charge in [-0.15, -0.1) is 0 Å². The molecule has 0 aromatic carbocycles. The molecule has 1 aromatic heterocycles. The van der Waals surface area contributed by atoms with Crippen LogP contribution in [0.25, 0.3) is 0 Å². The quantitative estimate of drug-likeness (QED) is 0.805. The van der Waals surface area contributed by atoms with E-state index in [0.717, 1.165) is 29.7 Å². The van der Waals surface area contributed by atoms with Crippen LogP contribution in [-0.4, -0.2) is 33.8 Å². The van der Waals surface area contributed by atoms with Gasteiger partial charge in [0.2, 0.25) is 0 Å². The van der Waals surface area contributed by atoms with Crippen LogP contribution in [-0.2, 0) is 0 Å². The molecule has 1 heterocycles. The Hall–Kier alpha value is -0.0000000000000000555. The van der Waals surface area contributed by atoms with Gasteiger partial charge in [-0.25, -0.2) is 0 Å². The summed E-state index contributed by atoms with van der Waals surface area (Å²) in [5.41, 5.74) is 0. The lowest BCUT2D eigenvalue weighted by atomic mass is 10.2. The van der Waals surface area contributed by atoms with Crippen molar-refractivity contribution >= 4 is 40.9 Å². The van der Waals surface area contributed by atoms with E-state index in [2.05, 4.69) is 26.8 Å². The third-order valence-electron chi connectivity index (χ3n) is 2.17. The highest BCUT2D eigenvalue weighted by Gasteiger charge is 2.15. The van der Waals surface area contributed by atoms with Gasteiger partial charge in [0.15, 0.2) is 11.0 Å². The Bertz CT molecular complexity index is 279. The lowest BCUT2D eigenvalue weighted by Crippen LogP contribution is -2.29. The standard InChI is InChI=1S/C8H14ClN3S2/c1-6(4-5-13-3)12(2)8-7(9)10-14-11-8/h6H,4-5H2,1-3H3. The molecule has 0 bridgehead atoms. The lowest BCUT2D eigenvalue weighted by Gasteiger charge is -2.24. The minimum absolute atomic E-state index is 0.448. The maximum absolute atomic E-state index is 5.90. The molecule has 0 saturated carbocycles.